The molecule has 2 heterocycles. The maximum atomic E-state index is 12.9. The standard InChI is InChI=1S/C22H18ClN3O3S/c1-2-26-18-9-8-15(25-20(27)13-29-16-6-3-5-14(23)11-16)12-19(18)30-21-17(22(26)28)7-4-10-24-21/h3-12H,2,13H2,1H3,(H,25,27). The second-order valence-electron chi connectivity index (χ2n) is 6.48. The molecule has 2 amide bonds. The zero-order valence-electron chi connectivity index (χ0n) is 16.1. The van der Waals surface area contributed by atoms with Gasteiger partial charge in [-0.2, -0.15) is 0 Å². The Balaban J connectivity index is 1.53. The van der Waals surface area contributed by atoms with Crippen molar-refractivity contribution in [1.82, 2.24) is 4.98 Å². The quantitative estimate of drug-likeness (QED) is 0.613. The summed E-state index contributed by atoms with van der Waals surface area (Å²) in [7, 11) is 0. The van der Waals surface area contributed by atoms with Gasteiger partial charge in [0, 0.05) is 28.3 Å². The number of halogens is 1. The van der Waals surface area contributed by atoms with Crippen LogP contribution in [0.5, 0.6) is 5.75 Å². The van der Waals surface area contributed by atoms with Gasteiger partial charge in [0.15, 0.2) is 6.61 Å². The molecular formula is C22H18ClN3O3S. The van der Waals surface area contributed by atoms with Gasteiger partial charge in [-0.25, -0.2) is 4.98 Å². The van der Waals surface area contributed by atoms with Gasteiger partial charge in [0.2, 0.25) is 0 Å². The molecule has 6 nitrogen and oxygen atoms in total. The third-order valence-corrected chi connectivity index (χ3v) is 5.77. The highest BCUT2D eigenvalue weighted by Crippen LogP contribution is 2.41. The lowest BCUT2D eigenvalue weighted by Crippen LogP contribution is -2.30. The van der Waals surface area contributed by atoms with Crippen LogP contribution in [0.2, 0.25) is 5.02 Å². The molecule has 0 radical (unpaired) electrons. The largest absolute Gasteiger partial charge is 0.484 e. The van der Waals surface area contributed by atoms with E-state index in [2.05, 4.69) is 10.3 Å². The molecule has 0 bridgehead atoms. The smallest absolute Gasteiger partial charge is 0.262 e. The number of nitrogens with zero attached hydrogens (tertiary/aromatic N) is 2. The zero-order chi connectivity index (χ0) is 21.1. The number of fused-ring (bicyclic) bond motifs is 2. The van der Waals surface area contributed by atoms with Crippen molar-refractivity contribution in [2.45, 2.75) is 16.8 Å². The van der Waals surface area contributed by atoms with Crippen LogP contribution in [-0.2, 0) is 4.79 Å². The number of aromatic nitrogens is 1. The van der Waals surface area contributed by atoms with Crippen LogP contribution < -0.4 is 15.0 Å². The van der Waals surface area contributed by atoms with Gasteiger partial charge in [-0.1, -0.05) is 29.4 Å². The average molecular weight is 440 g/mol. The molecule has 4 rings (SSSR count). The Morgan fingerprint density at radius 1 is 1.20 bits per heavy atom. The molecule has 1 N–H and O–H groups in total. The Morgan fingerprint density at radius 3 is 2.87 bits per heavy atom. The third kappa shape index (κ3) is 4.27. The van der Waals surface area contributed by atoms with Crippen molar-refractivity contribution in [2.75, 3.05) is 23.4 Å². The maximum absolute atomic E-state index is 12.9. The molecule has 0 aliphatic carbocycles. The predicted molar refractivity (Wildman–Crippen MR) is 118 cm³/mol. The molecular weight excluding hydrogens is 422 g/mol. The van der Waals surface area contributed by atoms with Crippen LogP contribution >= 0.6 is 23.4 Å². The van der Waals surface area contributed by atoms with Crippen LogP contribution in [0.15, 0.2) is 70.7 Å². The summed E-state index contributed by atoms with van der Waals surface area (Å²) in [5, 5.41) is 4.02. The number of pyridine rings is 1. The van der Waals surface area contributed by atoms with E-state index in [0.717, 1.165) is 10.6 Å². The average Bonchev–Trinajstić information content (AvgIpc) is 2.86. The number of benzene rings is 2. The van der Waals surface area contributed by atoms with Gasteiger partial charge in [-0.05, 0) is 55.5 Å². The molecule has 30 heavy (non-hydrogen) atoms. The lowest BCUT2D eigenvalue weighted by molar-refractivity contribution is -0.118. The van der Waals surface area contributed by atoms with E-state index in [1.54, 1.807) is 53.6 Å². The van der Waals surface area contributed by atoms with E-state index in [0.29, 0.717) is 33.6 Å². The summed E-state index contributed by atoms with van der Waals surface area (Å²) in [6.07, 6.45) is 1.67. The SMILES string of the molecule is CCN1C(=O)c2cccnc2Sc2cc(NC(=O)COc3cccc(Cl)c3)ccc21. The molecule has 0 spiro atoms. The number of hydrogen-bond acceptors (Lipinski definition) is 5. The first-order valence-electron chi connectivity index (χ1n) is 9.32. The van der Waals surface area contributed by atoms with Gasteiger partial charge in [-0.3, -0.25) is 9.59 Å². The summed E-state index contributed by atoms with van der Waals surface area (Å²) in [5.41, 5.74) is 1.98. The fraction of sp³-hybridized carbons (Fsp3) is 0.136. The van der Waals surface area contributed by atoms with Crippen LogP contribution in [-0.4, -0.2) is 29.9 Å². The molecule has 3 aromatic rings. The highest BCUT2D eigenvalue weighted by molar-refractivity contribution is 7.99. The summed E-state index contributed by atoms with van der Waals surface area (Å²) >= 11 is 7.33. The van der Waals surface area contributed by atoms with Crippen molar-refractivity contribution in [3.8, 4) is 5.75 Å². The number of nitrogens with one attached hydrogen (secondary N) is 1. The number of rotatable bonds is 5. The first-order chi connectivity index (χ1) is 14.5. The molecule has 0 atom stereocenters. The third-order valence-electron chi connectivity index (χ3n) is 4.47. The van der Waals surface area contributed by atoms with Crippen LogP contribution in [0.25, 0.3) is 0 Å². The lowest BCUT2D eigenvalue weighted by Gasteiger charge is -2.21. The predicted octanol–water partition coefficient (Wildman–Crippen LogP) is 4.88. The maximum Gasteiger partial charge on any atom is 0.262 e. The Morgan fingerprint density at radius 2 is 2.07 bits per heavy atom. The summed E-state index contributed by atoms with van der Waals surface area (Å²) in [4.78, 5) is 32.1. The second-order valence-corrected chi connectivity index (χ2v) is 7.95. The molecule has 1 aliphatic heterocycles. The summed E-state index contributed by atoms with van der Waals surface area (Å²) in [6.45, 7) is 2.31. The van der Waals surface area contributed by atoms with E-state index in [4.69, 9.17) is 16.3 Å². The Kier molecular flexibility index (Phi) is 5.92. The molecule has 0 unspecified atom stereocenters. The van der Waals surface area contributed by atoms with Crippen molar-refractivity contribution >= 4 is 46.6 Å². The minimum Gasteiger partial charge on any atom is -0.484 e. The fourth-order valence-corrected chi connectivity index (χ4v) is 4.34. The normalized spacial score (nSPS) is 12.6. The Labute approximate surface area is 183 Å². The first kappa shape index (κ1) is 20.3. The monoisotopic (exact) mass is 439 g/mol. The van der Waals surface area contributed by atoms with E-state index in [9.17, 15) is 9.59 Å². The number of anilines is 2. The summed E-state index contributed by atoms with van der Waals surface area (Å²) < 4.78 is 5.48. The Bertz CT molecular complexity index is 1120. The van der Waals surface area contributed by atoms with E-state index >= 15 is 0 Å². The number of hydrogen-bond donors (Lipinski definition) is 1. The van der Waals surface area contributed by atoms with Crippen molar-refractivity contribution < 1.29 is 14.3 Å². The van der Waals surface area contributed by atoms with Crippen LogP contribution in [0.1, 0.15) is 17.3 Å². The van der Waals surface area contributed by atoms with Gasteiger partial charge in [-0.15, -0.1) is 0 Å². The fourth-order valence-electron chi connectivity index (χ4n) is 3.11. The number of carbonyl (C=O) groups excluding carboxylic acids is 2. The Hall–Kier alpha value is -3.03. The minimum atomic E-state index is -0.296. The van der Waals surface area contributed by atoms with Crippen molar-refractivity contribution in [3.63, 3.8) is 0 Å². The van der Waals surface area contributed by atoms with Gasteiger partial charge in [0.05, 0.1) is 11.3 Å². The van der Waals surface area contributed by atoms with Gasteiger partial charge in [0.1, 0.15) is 10.8 Å². The van der Waals surface area contributed by atoms with Crippen molar-refractivity contribution in [3.05, 3.63) is 71.4 Å². The highest BCUT2D eigenvalue weighted by atomic mass is 35.5. The first-order valence-corrected chi connectivity index (χ1v) is 10.5. The molecule has 0 fully saturated rings. The number of amides is 2. The van der Waals surface area contributed by atoms with E-state index in [-0.39, 0.29) is 18.4 Å². The molecule has 1 aliphatic rings. The molecule has 2 aromatic carbocycles. The molecule has 0 saturated carbocycles. The van der Waals surface area contributed by atoms with Crippen molar-refractivity contribution in [2.24, 2.45) is 0 Å². The van der Waals surface area contributed by atoms with Gasteiger partial charge in [0.25, 0.3) is 11.8 Å². The van der Waals surface area contributed by atoms with Gasteiger partial charge < -0.3 is 15.0 Å². The summed E-state index contributed by atoms with van der Waals surface area (Å²) in [6, 6.07) is 15.9. The van der Waals surface area contributed by atoms with Gasteiger partial charge >= 0.3 is 0 Å². The highest BCUT2D eigenvalue weighted by Gasteiger charge is 2.27. The second kappa shape index (κ2) is 8.77. The van der Waals surface area contributed by atoms with Crippen LogP contribution in [0.4, 0.5) is 11.4 Å². The zero-order valence-corrected chi connectivity index (χ0v) is 17.7. The lowest BCUT2D eigenvalue weighted by atomic mass is 10.2. The van der Waals surface area contributed by atoms with Crippen LogP contribution in [0.3, 0.4) is 0 Å². The topological polar surface area (TPSA) is 71.5 Å². The van der Waals surface area contributed by atoms with E-state index < -0.39 is 0 Å². The molecule has 1 aromatic heterocycles. The van der Waals surface area contributed by atoms with Crippen molar-refractivity contribution in [1.29, 1.82) is 0 Å². The molecule has 0 saturated heterocycles. The number of ether oxygens (including phenoxy) is 1. The molecule has 152 valence electrons. The number of carbonyl (C=O) groups is 2. The van der Waals surface area contributed by atoms with E-state index in [1.807, 2.05) is 19.1 Å². The minimum absolute atomic E-state index is 0.0847. The van der Waals surface area contributed by atoms with Crippen LogP contribution in [0, 0.1) is 0 Å². The summed E-state index contributed by atoms with van der Waals surface area (Å²) in [5.74, 6) is 0.143. The van der Waals surface area contributed by atoms with E-state index in [1.165, 1.54) is 11.8 Å². The molecule has 8 heteroatoms.